The average Bonchev–Trinajstić information content (AvgIpc) is 2.57. The van der Waals surface area contributed by atoms with Crippen molar-refractivity contribution in [1.82, 2.24) is 19.9 Å². The predicted octanol–water partition coefficient (Wildman–Crippen LogP) is 1.63. The maximum absolute atomic E-state index is 5.88. The molecule has 22 heavy (non-hydrogen) atoms. The molecule has 1 aliphatic heterocycles. The lowest BCUT2D eigenvalue weighted by molar-refractivity contribution is 0.164. The number of hydrogen-bond acceptors (Lipinski definition) is 7. The molecule has 3 rings (SSSR count). The molecular formula is C15H19N5O2. The number of aromatic nitrogens is 4. The van der Waals surface area contributed by atoms with Crippen molar-refractivity contribution < 1.29 is 9.47 Å². The Balaban J connectivity index is 1.67. The minimum Gasteiger partial charge on any atom is -0.481 e. The van der Waals surface area contributed by atoms with Crippen LogP contribution in [-0.2, 0) is 0 Å². The lowest BCUT2D eigenvalue weighted by atomic mass is 10.1. The molecule has 116 valence electrons. The van der Waals surface area contributed by atoms with E-state index in [1.165, 1.54) is 6.33 Å². The molecule has 1 saturated heterocycles. The average molecular weight is 301 g/mol. The Kier molecular flexibility index (Phi) is 4.32. The van der Waals surface area contributed by atoms with Gasteiger partial charge in [0.1, 0.15) is 18.2 Å². The molecule has 1 unspecified atom stereocenters. The van der Waals surface area contributed by atoms with E-state index in [4.69, 9.17) is 9.47 Å². The zero-order valence-corrected chi connectivity index (χ0v) is 12.8. The fourth-order valence-electron chi connectivity index (χ4n) is 2.45. The molecule has 0 bridgehead atoms. The van der Waals surface area contributed by atoms with Crippen molar-refractivity contribution in [3.8, 4) is 11.9 Å². The van der Waals surface area contributed by atoms with Gasteiger partial charge in [0.15, 0.2) is 0 Å². The third-order valence-electron chi connectivity index (χ3n) is 3.57. The van der Waals surface area contributed by atoms with Gasteiger partial charge in [-0.05, 0) is 25.3 Å². The molecule has 0 aliphatic carbocycles. The van der Waals surface area contributed by atoms with E-state index in [9.17, 15) is 0 Å². The number of rotatable bonds is 4. The Hall–Kier alpha value is -2.44. The molecule has 0 N–H and O–H groups in total. The van der Waals surface area contributed by atoms with Gasteiger partial charge >= 0.3 is 6.01 Å². The number of nitrogens with zero attached hydrogens (tertiary/aromatic N) is 5. The van der Waals surface area contributed by atoms with Crippen LogP contribution in [-0.4, -0.2) is 46.2 Å². The first-order valence-corrected chi connectivity index (χ1v) is 7.31. The highest BCUT2D eigenvalue weighted by molar-refractivity contribution is 5.41. The number of anilines is 1. The Morgan fingerprint density at radius 2 is 2.00 bits per heavy atom. The van der Waals surface area contributed by atoms with E-state index < -0.39 is 0 Å². The van der Waals surface area contributed by atoms with Crippen LogP contribution in [0.5, 0.6) is 11.9 Å². The normalized spacial score (nSPS) is 18.1. The van der Waals surface area contributed by atoms with Crippen molar-refractivity contribution in [3.63, 3.8) is 0 Å². The van der Waals surface area contributed by atoms with Crippen molar-refractivity contribution in [1.29, 1.82) is 0 Å². The van der Waals surface area contributed by atoms with Gasteiger partial charge in [-0.15, -0.1) is 0 Å². The topological polar surface area (TPSA) is 73.3 Å². The van der Waals surface area contributed by atoms with Crippen LogP contribution in [0.4, 0.5) is 5.82 Å². The van der Waals surface area contributed by atoms with E-state index in [1.54, 1.807) is 19.5 Å². The van der Waals surface area contributed by atoms with E-state index in [0.29, 0.717) is 11.9 Å². The van der Waals surface area contributed by atoms with Gasteiger partial charge in [0.05, 0.1) is 13.7 Å². The van der Waals surface area contributed by atoms with Crippen molar-refractivity contribution in [2.75, 3.05) is 25.1 Å². The number of ether oxygens (including phenoxy) is 2. The van der Waals surface area contributed by atoms with Gasteiger partial charge in [-0.1, -0.05) is 0 Å². The molecule has 0 radical (unpaired) electrons. The smallest absolute Gasteiger partial charge is 0.316 e. The summed E-state index contributed by atoms with van der Waals surface area (Å²) in [5.74, 6) is 1.42. The zero-order chi connectivity index (χ0) is 15.4. The lowest BCUT2D eigenvalue weighted by Crippen LogP contribution is -2.41. The third kappa shape index (κ3) is 3.41. The van der Waals surface area contributed by atoms with E-state index in [0.717, 1.165) is 37.3 Å². The van der Waals surface area contributed by atoms with Crippen LogP contribution < -0.4 is 14.4 Å². The minimum atomic E-state index is 0.0532. The molecule has 7 nitrogen and oxygen atoms in total. The van der Waals surface area contributed by atoms with Crippen molar-refractivity contribution in [2.24, 2.45) is 0 Å². The number of aryl methyl sites for hydroxylation is 1. The molecule has 0 saturated carbocycles. The van der Waals surface area contributed by atoms with Gasteiger partial charge in [0.25, 0.3) is 0 Å². The number of piperidine rings is 1. The molecule has 1 aliphatic rings. The maximum atomic E-state index is 5.88. The fourth-order valence-corrected chi connectivity index (χ4v) is 2.45. The van der Waals surface area contributed by atoms with Crippen molar-refractivity contribution >= 4 is 5.82 Å². The highest BCUT2D eigenvalue weighted by Gasteiger charge is 2.23. The molecule has 0 aromatic carbocycles. The molecule has 0 spiro atoms. The summed E-state index contributed by atoms with van der Waals surface area (Å²) in [6.45, 7) is 3.64. The number of methoxy groups -OCH3 is 1. The summed E-state index contributed by atoms with van der Waals surface area (Å²) in [4.78, 5) is 18.9. The van der Waals surface area contributed by atoms with Crippen LogP contribution in [0.15, 0.2) is 24.8 Å². The van der Waals surface area contributed by atoms with Gasteiger partial charge < -0.3 is 14.4 Å². The first kappa shape index (κ1) is 14.5. The first-order chi connectivity index (χ1) is 10.7. The third-order valence-corrected chi connectivity index (χ3v) is 3.57. The molecule has 1 fully saturated rings. The lowest BCUT2D eigenvalue weighted by Gasteiger charge is -2.33. The zero-order valence-electron chi connectivity index (χ0n) is 12.8. The van der Waals surface area contributed by atoms with Crippen LogP contribution in [0, 0.1) is 6.92 Å². The summed E-state index contributed by atoms with van der Waals surface area (Å²) in [5, 5.41) is 0. The number of hydrogen-bond donors (Lipinski definition) is 0. The van der Waals surface area contributed by atoms with E-state index in [-0.39, 0.29) is 6.10 Å². The highest BCUT2D eigenvalue weighted by Crippen LogP contribution is 2.22. The quantitative estimate of drug-likeness (QED) is 0.849. The summed E-state index contributed by atoms with van der Waals surface area (Å²) in [6, 6.07) is 2.27. The predicted molar refractivity (Wildman–Crippen MR) is 81.2 cm³/mol. The van der Waals surface area contributed by atoms with Gasteiger partial charge in [0.2, 0.25) is 5.88 Å². The minimum absolute atomic E-state index is 0.0532. The van der Waals surface area contributed by atoms with E-state index >= 15 is 0 Å². The second-order valence-corrected chi connectivity index (χ2v) is 5.29. The molecule has 1 atom stereocenters. The van der Waals surface area contributed by atoms with Crippen LogP contribution in [0.3, 0.4) is 0 Å². The molecule has 7 heteroatoms. The van der Waals surface area contributed by atoms with Crippen molar-refractivity contribution in [2.45, 2.75) is 25.9 Å². The summed E-state index contributed by atoms with van der Waals surface area (Å²) in [7, 11) is 1.60. The Morgan fingerprint density at radius 1 is 1.18 bits per heavy atom. The van der Waals surface area contributed by atoms with Crippen LogP contribution in [0.25, 0.3) is 0 Å². The first-order valence-electron chi connectivity index (χ1n) is 7.31. The molecule has 2 aromatic heterocycles. The Morgan fingerprint density at radius 3 is 2.77 bits per heavy atom. The Bertz CT molecular complexity index is 620. The van der Waals surface area contributed by atoms with Crippen LogP contribution in [0.2, 0.25) is 0 Å². The summed E-state index contributed by atoms with van der Waals surface area (Å²) in [5.41, 5.74) is 1.02. The van der Waals surface area contributed by atoms with Gasteiger partial charge in [0, 0.05) is 25.0 Å². The second-order valence-electron chi connectivity index (χ2n) is 5.29. The van der Waals surface area contributed by atoms with Crippen LogP contribution >= 0.6 is 0 Å². The molecular weight excluding hydrogens is 282 g/mol. The van der Waals surface area contributed by atoms with Crippen molar-refractivity contribution in [3.05, 3.63) is 30.4 Å². The molecule has 0 amide bonds. The van der Waals surface area contributed by atoms with Gasteiger partial charge in [-0.2, -0.15) is 0 Å². The molecule has 2 aromatic rings. The largest absolute Gasteiger partial charge is 0.481 e. The standard InChI is InChI=1S/C15H19N5O2/c1-11-7-16-15(17-8-11)22-12-4-3-5-20(9-12)13-6-14(21-2)19-10-18-13/h6-8,10,12H,3-5,9H2,1-2H3. The summed E-state index contributed by atoms with van der Waals surface area (Å²) >= 11 is 0. The van der Waals surface area contributed by atoms with Gasteiger partial charge in [-0.25, -0.2) is 19.9 Å². The van der Waals surface area contributed by atoms with E-state index in [2.05, 4.69) is 24.8 Å². The second kappa shape index (κ2) is 6.55. The maximum Gasteiger partial charge on any atom is 0.316 e. The van der Waals surface area contributed by atoms with Crippen LogP contribution in [0.1, 0.15) is 18.4 Å². The van der Waals surface area contributed by atoms with Gasteiger partial charge in [-0.3, -0.25) is 0 Å². The monoisotopic (exact) mass is 301 g/mol. The highest BCUT2D eigenvalue weighted by atomic mass is 16.5. The molecule has 3 heterocycles. The Labute approximate surface area is 129 Å². The van der Waals surface area contributed by atoms with E-state index in [1.807, 2.05) is 13.0 Å². The SMILES string of the molecule is COc1cc(N2CCCC(Oc3ncc(C)cn3)C2)ncn1. The summed E-state index contributed by atoms with van der Waals surface area (Å²) < 4.78 is 11.0. The fraction of sp³-hybridized carbons (Fsp3) is 0.467. The summed E-state index contributed by atoms with van der Waals surface area (Å²) in [6.07, 6.45) is 7.11.